The summed E-state index contributed by atoms with van der Waals surface area (Å²) in [5.74, 6) is 0.907. The minimum atomic E-state index is 0. The van der Waals surface area contributed by atoms with Crippen LogP contribution in [0.5, 0.6) is 0 Å². The highest BCUT2D eigenvalue weighted by Gasteiger charge is 2.09. The summed E-state index contributed by atoms with van der Waals surface area (Å²) in [6.45, 7) is 3.48. The van der Waals surface area contributed by atoms with Gasteiger partial charge in [-0.15, -0.1) is 24.0 Å². The first-order chi connectivity index (χ1) is 9.95. The van der Waals surface area contributed by atoms with Crippen LogP contribution in [0.4, 0.5) is 0 Å². The van der Waals surface area contributed by atoms with Gasteiger partial charge in [0.2, 0.25) is 5.91 Å². The lowest BCUT2D eigenvalue weighted by atomic mass is 10.1. The molecule has 1 N–H and O–H groups in total. The smallest absolute Gasteiger partial charge is 0.223 e. The van der Waals surface area contributed by atoms with E-state index in [0.29, 0.717) is 13.0 Å². The molecule has 0 aliphatic carbocycles. The van der Waals surface area contributed by atoms with Crippen molar-refractivity contribution in [2.45, 2.75) is 19.9 Å². The van der Waals surface area contributed by atoms with Gasteiger partial charge in [0.1, 0.15) is 0 Å². The average molecular weight is 418 g/mol. The van der Waals surface area contributed by atoms with E-state index < -0.39 is 0 Å². The van der Waals surface area contributed by atoms with Crippen molar-refractivity contribution in [3.63, 3.8) is 0 Å². The molecule has 1 aromatic carbocycles. The Morgan fingerprint density at radius 1 is 1.23 bits per heavy atom. The van der Waals surface area contributed by atoms with Crippen LogP contribution in [0.3, 0.4) is 0 Å². The Balaban J connectivity index is 0.00000441. The van der Waals surface area contributed by atoms with E-state index in [1.807, 2.05) is 19.2 Å². The molecule has 6 heteroatoms. The number of rotatable bonds is 5. The van der Waals surface area contributed by atoms with Crippen molar-refractivity contribution in [1.82, 2.24) is 15.1 Å². The normalized spacial score (nSPS) is 10.7. The van der Waals surface area contributed by atoms with Crippen LogP contribution in [-0.4, -0.2) is 56.4 Å². The third kappa shape index (κ3) is 6.64. The Bertz CT molecular complexity index is 503. The van der Waals surface area contributed by atoms with Crippen LogP contribution < -0.4 is 5.32 Å². The lowest BCUT2D eigenvalue weighted by molar-refractivity contribution is -0.128. The first kappa shape index (κ1) is 20.7. The molecule has 124 valence electrons. The van der Waals surface area contributed by atoms with Crippen molar-refractivity contribution >= 4 is 35.8 Å². The van der Waals surface area contributed by atoms with Gasteiger partial charge in [-0.25, -0.2) is 0 Å². The molecule has 5 nitrogen and oxygen atoms in total. The van der Waals surface area contributed by atoms with Crippen LogP contribution in [0.2, 0.25) is 0 Å². The van der Waals surface area contributed by atoms with Crippen molar-refractivity contribution in [3.8, 4) is 0 Å². The van der Waals surface area contributed by atoms with Crippen molar-refractivity contribution in [1.29, 1.82) is 0 Å². The molecule has 1 aromatic rings. The lowest BCUT2D eigenvalue weighted by Crippen LogP contribution is -2.40. The number of halogens is 1. The summed E-state index contributed by atoms with van der Waals surface area (Å²) >= 11 is 0. The number of carbonyl (C=O) groups excluding carboxylic acids is 1. The third-order valence-electron chi connectivity index (χ3n) is 3.36. The molecule has 1 rings (SSSR count). The molecular weight excluding hydrogens is 391 g/mol. The summed E-state index contributed by atoms with van der Waals surface area (Å²) in [4.78, 5) is 19.5. The minimum Gasteiger partial charge on any atom is -0.356 e. The van der Waals surface area contributed by atoms with Gasteiger partial charge in [-0.2, -0.15) is 0 Å². The molecule has 0 saturated carbocycles. The van der Waals surface area contributed by atoms with Gasteiger partial charge in [0.05, 0.1) is 0 Å². The Morgan fingerprint density at radius 3 is 2.41 bits per heavy atom. The Hall–Kier alpha value is -1.31. The SMILES string of the molecule is CN=C(NCCC(=O)N(C)C)N(C)Cc1ccccc1C.I. The highest BCUT2D eigenvalue weighted by atomic mass is 127. The third-order valence-corrected chi connectivity index (χ3v) is 3.36. The summed E-state index contributed by atoms with van der Waals surface area (Å²) < 4.78 is 0. The number of hydrogen-bond donors (Lipinski definition) is 1. The maximum atomic E-state index is 11.6. The fourth-order valence-corrected chi connectivity index (χ4v) is 2.01. The molecule has 0 radical (unpaired) electrons. The Labute approximate surface area is 150 Å². The number of benzene rings is 1. The number of hydrogen-bond acceptors (Lipinski definition) is 2. The van der Waals surface area contributed by atoms with Crippen LogP contribution >= 0.6 is 24.0 Å². The predicted molar refractivity (Wildman–Crippen MR) is 103 cm³/mol. The van der Waals surface area contributed by atoms with E-state index in [9.17, 15) is 4.79 Å². The second-order valence-electron chi connectivity index (χ2n) is 5.29. The topological polar surface area (TPSA) is 47.9 Å². The number of carbonyl (C=O) groups is 1. The highest BCUT2D eigenvalue weighted by Crippen LogP contribution is 2.09. The fraction of sp³-hybridized carbons (Fsp3) is 0.500. The van der Waals surface area contributed by atoms with E-state index in [4.69, 9.17) is 0 Å². The number of nitrogens with one attached hydrogen (secondary N) is 1. The summed E-state index contributed by atoms with van der Waals surface area (Å²) in [5, 5.41) is 3.22. The van der Waals surface area contributed by atoms with Crippen molar-refractivity contribution in [3.05, 3.63) is 35.4 Å². The molecule has 0 spiro atoms. The second kappa shape index (κ2) is 10.4. The first-order valence-electron chi connectivity index (χ1n) is 7.12. The molecule has 0 saturated heterocycles. The van der Waals surface area contributed by atoms with Gasteiger partial charge in [-0.1, -0.05) is 24.3 Å². The van der Waals surface area contributed by atoms with Crippen LogP contribution in [-0.2, 0) is 11.3 Å². The number of nitrogens with zero attached hydrogens (tertiary/aromatic N) is 3. The number of guanidine groups is 1. The lowest BCUT2D eigenvalue weighted by Gasteiger charge is -2.23. The molecule has 0 aromatic heterocycles. The van der Waals surface area contributed by atoms with Gasteiger partial charge in [0.25, 0.3) is 0 Å². The Morgan fingerprint density at radius 2 is 1.86 bits per heavy atom. The van der Waals surface area contributed by atoms with Gasteiger partial charge in [0, 0.05) is 47.7 Å². The summed E-state index contributed by atoms with van der Waals surface area (Å²) in [6, 6.07) is 8.31. The zero-order chi connectivity index (χ0) is 15.8. The van der Waals surface area contributed by atoms with E-state index in [0.717, 1.165) is 12.5 Å². The molecule has 0 aliphatic heterocycles. The van der Waals surface area contributed by atoms with E-state index in [1.54, 1.807) is 26.0 Å². The molecule has 22 heavy (non-hydrogen) atoms. The molecule has 0 bridgehead atoms. The number of aryl methyl sites for hydroxylation is 1. The minimum absolute atomic E-state index is 0. The molecular formula is C16H27IN4O. The van der Waals surface area contributed by atoms with E-state index in [1.165, 1.54) is 11.1 Å². The summed E-state index contributed by atoms with van der Waals surface area (Å²) in [6.07, 6.45) is 0.463. The monoisotopic (exact) mass is 418 g/mol. The Kier molecular flexibility index (Phi) is 9.80. The van der Waals surface area contributed by atoms with Crippen LogP contribution in [0.15, 0.2) is 29.3 Å². The van der Waals surface area contributed by atoms with Gasteiger partial charge in [-0.3, -0.25) is 9.79 Å². The predicted octanol–water partition coefficient (Wildman–Crippen LogP) is 2.10. The molecule has 0 unspecified atom stereocenters. The maximum Gasteiger partial charge on any atom is 0.223 e. The fourth-order valence-electron chi connectivity index (χ4n) is 2.01. The average Bonchev–Trinajstić information content (AvgIpc) is 2.45. The van der Waals surface area contributed by atoms with E-state index >= 15 is 0 Å². The molecule has 0 aliphatic rings. The van der Waals surface area contributed by atoms with Crippen molar-refractivity contribution in [2.24, 2.45) is 4.99 Å². The summed E-state index contributed by atoms with van der Waals surface area (Å²) in [5.41, 5.74) is 2.54. The van der Waals surface area contributed by atoms with E-state index in [-0.39, 0.29) is 29.9 Å². The molecule has 0 heterocycles. The zero-order valence-electron chi connectivity index (χ0n) is 14.1. The maximum absolute atomic E-state index is 11.6. The highest BCUT2D eigenvalue weighted by molar-refractivity contribution is 14.0. The number of amides is 1. The van der Waals surface area contributed by atoms with Gasteiger partial charge in [-0.05, 0) is 18.1 Å². The van der Waals surface area contributed by atoms with Gasteiger partial charge < -0.3 is 15.1 Å². The van der Waals surface area contributed by atoms with Crippen molar-refractivity contribution < 1.29 is 4.79 Å². The quantitative estimate of drug-likeness (QED) is 0.453. The van der Waals surface area contributed by atoms with Gasteiger partial charge >= 0.3 is 0 Å². The second-order valence-corrected chi connectivity index (χ2v) is 5.29. The van der Waals surface area contributed by atoms with E-state index in [2.05, 4.69) is 34.3 Å². The van der Waals surface area contributed by atoms with Crippen LogP contribution in [0.25, 0.3) is 0 Å². The molecule has 1 amide bonds. The van der Waals surface area contributed by atoms with Crippen LogP contribution in [0.1, 0.15) is 17.5 Å². The standard InChI is InChI=1S/C16H26N4O.HI/c1-13-8-6-7-9-14(13)12-20(5)16(17-2)18-11-10-15(21)19(3)4;/h6-9H,10-12H2,1-5H3,(H,17,18);1H. The zero-order valence-corrected chi connectivity index (χ0v) is 16.4. The number of aliphatic imine (C=N–C) groups is 1. The largest absolute Gasteiger partial charge is 0.356 e. The van der Waals surface area contributed by atoms with Gasteiger partial charge in [0.15, 0.2) is 5.96 Å². The first-order valence-corrected chi connectivity index (χ1v) is 7.12. The molecule has 0 atom stereocenters. The molecule has 0 fully saturated rings. The van der Waals surface area contributed by atoms with Crippen LogP contribution in [0, 0.1) is 6.92 Å². The van der Waals surface area contributed by atoms with Crippen molar-refractivity contribution in [2.75, 3.05) is 34.7 Å². The summed E-state index contributed by atoms with van der Waals surface area (Å²) in [7, 11) is 7.28.